The molecule has 0 amide bonds. The monoisotopic (exact) mass is 390 g/mol. The SMILES string of the molecule is COc1ccc(C(CNS(=O)(=O)c2ccc(OC)cc2)N2CCCC2)cc1. The topological polar surface area (TPSA) is 67.9 Å². The molecule has 27 heavy (non-hydrogen) atoms. The van der Waals surface area contributed by atoms with Crippen molar-refractivity contribution in [2.24, 2.45) is 0 Å². The van der Waals surface area contributed by atoms with Crippen LogP contribution in [0.25, 0.3) is 0 Å². The maximum absolute atomic E-state index is 12.7. The molecule has 1 saturated heterocycles. The smallest absolute Gasteiger partial charge is 0.240 e. The van der Waals surface area contributed by atoms with Crippen molar-refractivity contribution < 1.29 is 17.9 Å². The van der Waals surface area contributed by atoms with Crippen LogP contribution in [0.15, 0.2) is 53.4 Å². The summed E-state index contributed by atoms with van der Waals surface area (Å²) in [5.74, 6) is 1.42. The fourth-order valence-corrected chi connectivity index (χ4v) is 4.40. The van der Waals surface area contributed by atoms with E-state index in [0.29, 0.717) is 12.3 Å². The fourth-order valence-electron chi connectivity index (χ4n) is 3.36. The van der Waals surface area contributed by atoms with Crippen molar-refractivity contribution in [2.45, 2.75) is 23.8 Å². The summed E-state index contributed by atoms with van der Waals surface area (Å²) in [4.78, 5) is 2.57. The lowest BCUT2D eigenvalue weighted by molar-refractivity contribution is 0.246. The van der Waals surface area contributed by atoms with Crippen molar-refractivity contribution in [1.29, 1.82) is 0 Å². The molecule has 1 aliphatic rings. The first-order chi connectivity index (χ1) is 13.0. The van der Waals surface area contributed by atoms with Gasteiger partial charge in [-0.25, -0.2) is 13.1 Å². The first kappa shape index (κ1) is 19.7. The number of ether oxygens (including phenoxy) is 2. The van der Waals surface area contributed by atoms with Gasteiger partial charge in [0.25, 0.3) is 0 Å². The summed E-state index contributed by atoms with van der Waals surface area (Å²) >= 11 is 0. The van der Waals surface area contributed by atoms with Crippen LogP contribution in [0, 0.1) is 0 Å². The minimum Gasteiger partial charge on any atom is -0.497 e. The van der Waals surface area contributed by atoms with Crippen molar-refractivity contribution in [1.82, 2.24) is 9.62 Å². The Morgan fingerprint density at radius 1 is 0.926 bits per heavy atom. The second kappa shape index (κ2) is 8.73. The van der Waals surface area contributed by atoms with Crippen LogP contribution in [0.3, 0.4) is 0 Å². The summed E-state index contributed by atoms with van der Waals surface area (Å²) in [6.07, 6.45) is 2.27. The summed E-state index contributed by atoms with van der Waals surface area (Å²) in [6.45, 7) is 2.27. The summed E-state index contributed by atoms with van der Waals surface area (Å²) in [5, 5.41) is 0. The Morgan fingerprint density at radius 3 is 1.96 bits per heavy atom. The number of sulfonamides is 1. The predicted octanol–water partition coefficient (Wildman–Crippen LogP) is 2.82. The standard InChI is InChI=1S/C20H26N2O4S/c1-25-17-7-5-16(6-8-17)20(22-13-3-4-14-22)15-21-27(23,24)19-11-9-18(26-2)10-12-19/h5-12,20-21H,3-4,13-15H2,1-2H3. The van der Waals surface area contributed by atoms with E-state index in [1.807, 2.05) is 24.3 Å². The van der Waals surface area contributed by atoms with Gasteiger partial charge >= 0.3 is 0 Å². The van der Waals surface area contributed by atoms with Gasteiger partial charge in [-0.05, 0) is 67.9 Å². The van der Waals surface area contributed by atoms with E-state index in [9.17, 15) is 8.42 Å². The molecule has 146 valence electrons. The number of benzene rings is 2. The molecule has 1 aliphatic heterocycles. The fraction of sp³-hybridized carbons (Fsp3) is 0.400. The minimum absolute atomic E-state index is 0.00794. The van der Waals surface area contributed by atoms with Gasteiger partial charge in [-0.1, -0.05) is 12.1 Å². The Hall–Kier alpha value is -2.09. The Labute approximate surface area is 161 Å². The summed E-state index contributed by atoms with van der Waals surface area (Å²) < 4.78 is 38.5. The molecule has 3 rings (SSSR count). The molecule has 2 aromatic carbocycles. The molecule has 1 fully saturated rings. The normalized spacial score (nSPS) is 16.2. The van der Waals surface area contributed by atoms with E-state index in [4.69, 9.17) is 9.47 Å². The number of likely N-dealkylation sites (tertiary alicyclic amines) is 1. The lowest BCUT2D eigenvalue weighted by Gasteiger charge is -2.28. The van der Waals surface area contributed by atoms with E-state index in [0.717, 1.165) is 37.2 Å². The van der Waals surface area contributed by atoms with Crippen molar-refractivity contribution in [3.05, 3.63) is 54.1 Å². The van der Waals surface area contributed by atoms with E-state index in [1.165, 1.54) is 0 Å². The van der Waals surface area contributed by atoms with Crippen LogP contribution in [0.5, 0.6) is 11.5 Å². The highest BCUT2D eigenvalue weighted by Gasteiger charge is 2.25. The summed E-state index contributed by atoms with van der Waals surface area (Å²) in [5.41, 5.74) is 1.08. The van der Waals surface area contributed by atoms with Gasteiger partial charge in [0.2, 0.25) is 10.0 Å². The number of nitrogens with one attached hydrogen (secondary N) is 1. The van der Waals surface area contributed by atoms with Gasteiger partial charge in [0.15, 0.2) is 0 Å². The first-order valence-electron chi connectivity index (χ1n) is 9.05. The predicted molar refractivity (Wildman–Crippen MR) is 105 cm³/mol. The zero-order chi connectivity index (χ0) is 19.3. The van der Waals surface area contributed by atoms with Crippen LogP contribution in [0.1, 0.15) is 24.4 Å². The molecule has 1 unspecified atom stereocenters. The zero-order valence-electron chi connectivity index (χ0n) is 15.7. The third-order valence-electron chi connectivity index (χ3n) is 4.92. The highest BCUT2D eigenvalue weighted by Crippen LogP contribution is 2.27. The van der Waals surface area contributed by atoms with Crippen LogP contribution in [-0.2, 0) is 10.0 Å². The molecule has 7 heteroatoms. The van der Waals surface area contributed by atoms with E-state index < -0.39 is 10.0 Å². The third kappa shape index (κ3) is 4.80. The van der Waals surface area contributed by atoms with Crippen LogP contribution >= 0.6 is 0 Å². The highest BCUT2D eigenvalue weighted by molar-refractivity contribution is 7.89. The number of methoxy groups -OCH3 is 2. The second-order valence-corrected chi connectivity index (χ2v) is 8.33. The molecule has 0 aromatic heterocycles. The minimum atomic E-state index is -3.59. The van der Waals surface area contributed by atoms with Crippen molar-refractivity contribution in [3.8, 4) is 11.5 Å². The summed E-state index contributed by atoms with van der Waals surface area (Å²) in [6, 6.07) is 14.2. The zero-order valence-corrected chi connectivity index (χ0v) is 16.5. The van der Waals surface area contributed by atoms with Crippen LogP contribution in [0.2, 0.25) is 0 Å². The average molecular weight is 391 g/mol. The molecule has 1 N–H and O–H groups in total. The van der Waals surface area contributed by atoms with Gasteiger partial charge in [-0.3, -0.25) is 4.90 Å². The van der Waals surface area contributed by atoms with Crippen molar-refractivity contribution in [3.63, 3.8) is 0 Å². The molecule has 0 aliphatic carbocycles. The van der Waals surface area contributed by atoms with E-state index in [1.54, 1.807) is 38.5 Å². The van der Waals surface area contributed by atoms with E-state index in [-0.39, 0.29) is 10.9 Å². The Kier molecular flexibility index (Phi) is 6.36. The van der Waals surface area contributed by atoms with Crippen molar-refractivity contribution >= 4 is 10.0 Å². The lowest BCUT2D eigenvalue weighted by Crippen LogP contribution is -2.36. The van der Waals surface area contributed by atoms with Gasteiger partial charge in [0, 0.05) is 12.6 Å². The van der Waals surface area contributed by atoms with Gasteiger partial charge in [0.1, 0.15) is 11.5 Å². The third-order valence-corrected chi connectivity index (χ3v) is 6.36. The molecule has 1 atom stereocenters. The van der Waals surface area contributed by atoms with Gasteiger partial charge < -0.3 is 9.47 Å². The molecule has 0 radical (unpaired) electrons. The van der Waals surface area contributed by atoms with Gasteiger partial charge in [-0.15, -0.1) is 0 Å². The Bertz CT molecular complexity index is 829. The molecule has 0 bridgehead atoms. The highest BCUT2D eigenvalue weighted by atomic mass is 32.2. The van der Waals surface area contributed by atoms with Crippen molar-refractivity contribution in [2.75, 3.05) is 33.9 Å². The van der Waals surface area contributed by atoms with E-state index >= 15 is 0 Å². The lowest BCUT2D eigenvalue weighted by atomic mass is 10.1. The van der Waals surface area contributed by atoms with Gasteiger partial charge in [0.05, 0.1) is 19.1 Å². The van der Waals surface area contributed by atoms with Crippen LogP contribution in [-0.4, -0.2) is 47.2 Å². The van der Waals surface area contributed by atoms with E-state index in [2.05, 4.69) is 9.62 Å². The number of hydrogen-bond donors (Lipinski definition) is 1. The van der Waals surface area contributed by atoms with Gasteiger partial charge in [-0.2, -0.15) is 0 Å². The van der Waals surface area contributed by atoms with Crippen LogP contribution < -0.4 is 14.2 Å². The average Bonchev–Trinajstić information content (AvgIpc) is 3.23. The molecule has 0 saturated carbocycles. The number of hydrogen-bond acceptors (Lipinski definition) is 5. The maximum atomic E-state index is 12.7. The number of rotatable bonds is 8. The second-order valence-electron chi connectivity index (χ2n) is 6.56. The maximum Gasteiger partial charge on any atom is 0.240 e. The summed E-state index contributed by atoms with van der Waals surface area (Å²) in [7, 11) is -0.400. The molecular formula is C20H26N2O4S. The molecule has 1 heterocycles. The molecule has 0 spiro atoms. The molecule has 2 aromatic rings. The number of nitrogens with zero attached hydrogens (tertiary/aromatic N) is 1. The first-order valence-corrected chi connectivity index (χ1v) is 10.5. The van der Waals surface area contributed by atoms with Crippen LogP contribution in [0.4, 0.5) is 0 Å². The Morgan fingerprint density at radius 2 is 1.44 bits per heavy atom. The largest absolute Gasteiger partial charge is 0.497 e. The molecular weight excluding hydrogens is 364 g/mol. The Balaban J connectivity index is 1.76. The quantitative estimate of drug-likeness (QED) is 0.751. The molecule has 6 nitrogen and oxygen atoms in total.